The average Bonchev–Trinajstić information content (AvgIpc) is 3.80. The minimum Gasteiger partial charge on any atom is -0.387 e. The number of rotatable bonds is 5. The number of hydrogen-bond donors (Lipinski definition) is 4. The zero-order chi connectivity index (χ0) is 35.7. The van der Waals surface area contributed by atoms with Crippen molar-refractivity contribution in [2.24, 2.45) is 0 Å². The van der Waals surface area contributed by atoms with E-state index in [9.17, 15) is 24.3 Å². The van der Waals surface area contributed by atoms with Gasteiger partial charge in [0.15, 0.2) is 29.8 Å². The second kappa shape index (κ2) is 14.0. The lowest BCUT2D eigenvalue weighted by Gasteiger charge is -2.27. The zero-order valence-corrected chi connectivity index (χ0v) is 30.8. The van der Waals surface area contributed by atoms with Gasteiger partial charge in [0, 0.05) is 12.7 Å². The number of aryl methyl sites for hydroxylation is 1. The summed E-state index contributed by atoms with van der Waals surface area (Å²) in [7, 11) is -5.08. The Kier molecular flexibility index (Phi) is 9.83. The number of nitrogens with zero attached hydrogens (tertiary/aromatic N) is 7. The van der Waals surface area contributed by atoms with Crippen molar-refractivity contribution < 1.29 is 54.5 Å². The highest BCUT2D eigenvalue weighted by atomic mass is 127. The van der Waals surface area contributed by atoms with Crippen LogP contribution in [0.4, 0.5) is 10.2 Å². The number of anilines is 1. The number of ether oxygens (including phenoxy) is 2. The van der Waals surface area contributed by atoms with E-state index in [0.29, 0.717) is 29.8 Å². The molecule has 25 heteroatoms. The van der Waals surface area contributed by atoms with Gasteiger partial charge in [0.05, 0.1) is 38.1 Å². The third kappa shape index (κ3) is 6.68. The molecule has 276 valence electrons. The molecule has 0 spiro atoms. The molecule has 0 amide bonds. The van der Waals surface area contributed by atoms with E-state index in [4.69, 9.17) is 42.4 Å². The lowest BCUT2D eigenvalue weighted by atomic mass is 10.1. The van der Waals surface area contributed by atoms with E-state index >= 15 is 4.39 Å². The number of halogens is 2. The summed E-state index contributed by atoms with van der Waals surface area (Å²) in [5, 5.41) is 15.2. The first-order valence-electron chi connectivity index (χ1n) is 15.6. The van der Waals surface area contributed by atoms with Gasteiger partial charge >= 0.3 is 14.5 Å². The summed E-state index contributed by atoms with van der Waals surface area (Å²) >= 11 is 7.00. The predicted octanol–water partition coefficient (Wildman–Crippen LogP) is 1.39. The number of aliphatic hydroxyl groups is 1. The predicted molar refractivity (Wildman–Crippen MR) is 183 cm³/mol. The molecule has 51 heavy (non-hydrogen) atoms. The number of fused-ring (bicyclic) bond motifs is 4. The van der Waals surface area contributed by atoms with Crippen molar-refractivity contribution in [3.05, 3.63) is 41.1 Å². The van der Waals surface area contributed by atoms with Crippen LogP contribution in [0.25, 0.3) is 22.2 Å². The maximum absolute atomic E-state index is 16.4. The van der Waals surface area contributed by atoms with Crippen LogP contribution >= 0.6 is 37.5 Å². The number of nitrogens with one attached hydrogen (secondary N) is 1. The largest absolute Gasteiger partial charge is 0.472 e. The van der Waals surface area contributed by atoms with Crippen molar-refractivity contribution in [2.45, 2.75) is 68.5 Å². The molecule has 4 N–H and O–H groups in total. The topological polar surface area (TPSA) is 238 Å². The summed E-state index contributed by atoms with van der Waals surface area (Å²) in [4.78, 5) is 52.2. The Balaban J connectivity index is 1.09. The number of imidazole rings is 1. The summed E-state index contributed by atoms with van der Waals surface area (Å²) in [6.45, 7) is -4.57. The van der Waals surface area contributed by atoms with Gasteiger partial charge in [-0.1, -0.05) is 0 Å². The van der Waals surface area contributed by atoms with E-state index < -0.39 is 82.5 Å². The molecule has 4 aromatic heterocycles. The summed E-state index contributed by atoms with van der Waals surface area (Å²) in [6, 6.07) is 0. The Labute approximate surface area is 305 Å². The highest BCUT2D eigenvalue weighted by Crippen LogP contribution is 2.54. The molecule has 0 aromatic carbocycles. The van der Waals surface area contributed by atoms with Crippen LogP contribution in [0.3, 0.4) is 0 Å². The van der Waals surface area contributed by atoms with Crippen molar-refractivity contribution in [1.82, 2.24) is 33.6 Å². The van der Waals surface area contributed by atoms with Gasteiger partial charge in [-0.3, -0.25) is 27.5 Å². The first-order valence-corrected chi connectivity index (χ1v) is 20.6. The van der Waals surface area contributed by atoms with E-state index in [1.54, 1.807) is 29.2 Å². The monoisotopic (exact) mass is 886 g/mol. The molecule has 4 aromatic rings. The van der Waals surface area contributed by atoms with Gasteiger partial charge in [-0.15, -0.1) is 0 Å². The fourth-order valence-corrected chi connectivity index (χ4v) is 9.23. The Hall–Kier alpha value is -2.09. The first-order chi connectivity index (χ1) is 24.4. The lowest BCUT2D eigenvalue weighted by molar-refractivity contribution is -0.0634. The quantitative estimate of drug-likeness (QED) is 0.164. The van der Waals surface area contributed by atoms with Crippen LogP contribution in [0.1, 0.15) is 24.4 Å². The second-order valence-corrected chi connectivity index (χ2v) is 16.9. The minimum atomic E-state index is -5.08. The third-order valence-electron chi connectivity index (χ3n) is 9.00. The van der Waals surface area contributed by atoms with Crippen molar-refractivity contribution >= 4 is 77.4 Å². The van der Waals surface area contributed by atoms with Crippen LogP contribution in [0.5, 0.6) is 0 Å². The molecule has 0 radical (unpaired) electrons. The molecule has 8 heterocycles. The molecule has 20 nitrogen and oxygen atoms in total. The first kappa shape index (κ1) is 35.9. The van der Waals surface area contributed by atoms with Gasteiger partial charge in [0.2, 0.25) is 0 Å². The van der Waals surface area contributed by atoms with Crippen molar-refractivity contribution in [2.75, 3.05) is 31.7 Å². The van der Waals surface area contributed by atoms with E-state index in [2.05, 4.69) is 25.3 Å². The van der Waals surface area contributed by atoms with E-state index in [0.717, 1.165) is 12.0 Å². The van der Waals surface area contributed by atoms with Gasteiger partial charge < -0.3 is 41.8 Å². The number of alkyl halides is 1. The molecule has 0 aliphatic carbocycles. The van der Waals surface area contributed by atoms with Crippen LogP contribution in [-0.2, 0) is 60.0 Å². The van der Waals surface area contributed by atoms with Crippen molar-refractivity contribution in [3.63, 3.8) is 0 Å². The Morgan fingerprint density at radius 2 is 1.84 bits per heavy atom. The molecular formula is C26H30FIN8O12P2S. The normalized spacial score (nSPS) is 35.9. The number of aliphatic hydroxyl groups excluding tert-OH is 1. The fraction of sp³-hybridized carbons (Fsp3) is 0.577. The summed E-state index contributed by atoms with van der Waals surface area (Å²) in [6.07, 6.45) is -5.48. The zero-order valence-electron chi connectivity index (χ0n) is 26.1. The molecule has 0 saturated carbocycles. The van der Waals surface area contributed by atoms with Crippen LogP contribution in [0, 0.1) is 0 Å². The molecule has 8 rings (SSSR count). The number of phosphoric acid groups is 1. The Bertz CT molecular complexity index is 2130. The molecule has 3 fully saturated rings. The molecule has 4 aliphatic rings. The molecule has 2 unspecified atom stereocenters. The highest BCUT2D eigenvalue weighted by molar-refractivity contribution is 14.1. The number of phosphoric ester groups is 1. The van der Waals surface area contributed by atoms with Crippen LogP contribution in [-0.4, -0.2) is 112 Å². The molecular weight excluding hydrogens is 856 g/mol. The number of hydrogen-bond acceptors (Lipinski definition) is 16. The van der Waals surface area contributed by atoms with Gasteiger partial charge in [-0.2, -0.15) is 0 Å². The average molecular weight is 886 g/mol. The van der Waals surface area contributed by atoms with E-state index in [-0.39, 0.29) is 24.3 Å². The van der Waals surface area contributed by atoms with Crippen molar-refractivity contribution in [3.8, 4) is 0 Å². The summed E-state index contributed by atoms with van der Waals surface area (Å²) < 4.78 is 72.7. The smallest absolute Gasteiger partial charge is 0.387 e. The summed E-state index contributed by atoms with van der Waals surface area (Å²) in [5.74, 6) is 0.587. The maximum Gasteiger partial charge on any atom is 0.472 e. The van der Waals surface area contributed by atoms with E-state index in [1.807, 2.05) is 0 Å². The van der Waals surface area contributed by atoms with Gasteiger partial charge in [0.1, 0.15) is 77.6 Å². The Morgan fingerprint density at radius 3 is 2.67 bits per heavy atom. The SMILES string of the molecule is O=c1c2ncn([C@@H]3O[C@@H]4COP(=O)(O)O[C@H]5[C@@H](F)[C@H](n6cc7c8c(ncnc86)NCCC7)O[C@@H]5COP(O)(=S)O[C@@H]3[C@@H]4O)c2ncn1CCOI. The second-order valence-electron chi connectivity index (χ2n) is 12.1. The summed E-state index contributed by atoms with van der Waals surface area (Å²) in [5.41, 5.74) is 0.757. The van der Waals surface area contributed by atoms with Crippen molar-refractivity contribution in [1.29, 1.82) is 0 Å². The molecule has 4 aliphatic heterocycles. The lowest BCUT2D eigenvalue weighted by Crippen LogP contribution is -2.35. The molecule has 3 saturated heterocycles. The van der Waals surface area contributed by atoms with Gasteiger partial charge in [-0.05, 0) is 30.2 Å². The standard InChI is InChI=1S/C26H30FIN8O12P2S/c27-16-19-14(46-25(16)35-6-12-2-1-3-29-21-15(12)22(35)31-9-30-21)8-44-50(41,51)48-20-18(37)13(7-43-49(39,40)47-19)45-26(20)36-11-32-17-23(36)33-10-34(24(17)38)4-5-42-28/h6,9-11,13-14,16,18-20,25-26,37H,1-5,7-8H2,(H,39,40)(H,41,51)(H,29,30,31)/t13-,14-,16-,18-,19-,20-,25-,26-,50?/m1/s1. The van der Waals surface area contributed by atoms with Crippen LogP contribution in [0.2, 0.25) is 0 Å². The third-order valence-corrected chi connectivity index (χ3v) is 12.0. The van der Waals surface area contributed by atoms with E-state index in [1.165, 1.54) is 32.7 Å². The number of aromatic nitrogens is 7. The molecule has 2 bridgehead atoms. The fourth-order valence-electron chi connectivity index (χ4n) is 6.66. The van der Waals surface area contributed by atoms with Crippen LogP contribution in [0.15, 0.2) is 30.0 Å². The van der Waals surface area contributed by atoms with Gasteiger partial charge in [-0.25, -0.2) is 28.9 Å². The van der Waals surface area contributed by atoms with Crippen LogP contribution < -0.4 is 10.9 Å². The maximum atomic E-state index is 16.4. The van der Waals surface area contributed by atoms with Gasteiger partial charge in [0.25, 0.3) is 5.56 Å². The molecule has 10 atom stereocenters. The Morgan fingerprint density at radius 1 is 1.04 bits per heavy atom. The minimum absolute atomic E-state index is 0.0386. The highest BCUT2D eigenvalue weighted by Gasteiger charge is 2.54.